The van der Waals surface area contributed by atoms with Gasteiger partial charge in [0.2, 0.25) is 0 Å². The summed E-state index contributed by atoms with van der Waals surface area (Å²) >= 11 is 0. The van der Waals surface area contributed by atoms with Crippen molar-refractivity contribution in [1.82, 2.24) is 5.32 Å². The SMILES string of the molecule is C=CCC1(c2cccc3ccccc23)CCCC[N]1. The lowest BCUT2D eigenvalue weighted by Gasteiger charge is -2.37. The molecule has 0 aliphatic carbocycles. The quantitative estimate of drug-likeness (QED) is 0.717. The van der Waals surface area contributed by atoms with Gasteiger partial charge in [0.1, 0.15) is 0 Å². The number of piperidine rings is 1. The van der Waals surface area contributed by atoms with E-state index in [9.17, 15) is 0 Å². The smallest absolute Gasteiger partial charge is 0.0645 e. The second-order valence-corrected chi connectivity index (χ2v) is 5.39. The van der Waals surface area contributed by atoms with Gasteiger partial charge in [-0.25, -0.2) is 5.32 Å². The highest BCUT2D eigenvalue weighted by molar-refractivity contribution is 5.86. The molecule has 2 aromatic carbocycles. The van der Waals surface area contributed by atoms with Crippen molar-refractivity contribution in [2.45, 2.75) is 31.2 Å². The van der Waals surface area contributed by atoms with Crippen LogP contribution in [-0.2, 0) is 5.54 Å². The molecule has 1 radical (unpaired) electrons. The van der Waals surface area contributed by atoms with Gasteiger partial charge < -0.3 is 0 Å². The van der Waals surface area contributed by atoms with Crippen LogP contribution in [0.15, 0.2) is 55.1 Å². The van der Waals surface area contributed by atoms with E-state index < -0.39 is 0 Å². The second kappa shape index (κ2) is 5.18. The number of nitrogens with zero attached hydrogens (tertiary/aromatic N) is 1. The molecule has 1 nitrogen and oxygen atoms in total. The zero-order chi connectivity index (χ0) is 13.1. The van der Waals surface area contributed by atoms with Gasteiger partial charge in [0, 0.05) is 6.54 Å². The first kappa shape index (κ1) is 12.4. The highest BCUT2D eigenvalue weighted by Crippen LogP contribution is 2.38. The van der Waals surface area contributed by atoms with E-state index in [0.717, 1.165) is 19.4 Å². The zero-order valence-electron chi connectivity index (χ0n) is 11.3. The van der Waals surface area contributed by atoms with Gasteiger partial charge in [-0.15, -0.1) is 6.58 Å². The molecule has 1 atom stereocenters. The highest BCUT2D eigenvalue weighted by atomic mass is 15.0. The van der Waals surface area contributed by atoms with Gasteiger partial charge in [0.05, 0.1) is 5.54 Å². The van der Waals surface area contributed by atoms with Crippen molar-refractivity contribution < 1.29 is 0 Å². The monoisotopic (exact) mass is 250 g/mol. The summed E-state index contributed by atoms with van der Waals surface area (Å²) in [7, 11) is 0. The Balaban J connectivity index is 2.17. The molecule has 1 aliphatic heterocycles. The van der Waals surface area contributed by atoms with Crippen molar-refractivity contribution in [3.8, 4) is 0 Å². The van der Waals surface area contributed by atoms with Crippen LogP contribution in [0, 0.1) is 0 Å². The summed E-state index contributed by atoms with van der Waals surface area (Å²) in [6.45, 7) is 4.93. The van der Waals surface area contributed by atoms with Crippen molar-refractivity contribution >= 4 is 10.8 Å². The highest BCUT2D eigenvalue weighted by Gasteiger charge is 2.34. The maximum Gasteiger partial charge on any atom is 0.0645 e. The molecule has 19 heavy (non-hydrogen) atoms. The Morgan fingerprint density at radius 1 is 1.11 bits per heavy atom. The van der Waals surface area contributed by atoms with E-state index in [0.29, 0.717) is 0 Å². The molecule has 1 aliphatic rings. The number of fused-ring (bicyclic) bond motifs is 1. The molecule has 1 unspecified atom stereocenters. The molecule has 0 bridgehead atoms. The third-order valence-electron chi connectivity index (χ3n) is 4.19. The second-order valence-electron chi connectivity index (χ2n) is 5.39. The van der Waals surface area contributed by atoms with Gasteiger partial charge in [-0.2, -0.15) is 0 Å². The van der Waals surface area contributed by atoms with Crippen molar-refractivity contribution in [2.24, 2.45) is 0 Å². The Labute approximate surface area is 115 Å². The summed E-state index contributed by atoms with van der Waals surface area (Å²) in [4.78, 5) is 0. The Hall–Kier alpha value is -1.60. The summed E-state index contributed by atoms with van der Waals surface area (Å²) in [5.74, 6) is 0. The molecule has 0 aromatic heterocycles. The van der Waals surface area contributed by atoms with Crippen LogP contribution in [0.4, 0.5) is 0 Å². The predicted octanol–water partition coefficient (Wildman–Crippen LogP) is 4.40. The molecule has 1 saturated heterocycles. The van der Waals surface area contributed by atoms with Crippen molar-refractivity contribution in [2.75, 3.05) is 6.54 Å². The molecule has 1 heteroatoms. The summed E-state index contributed by atoms with van der Waals surface area (Å²) in [5, 5.41) is 7.65. The average Bonchev–Trinajstić information content (AvgIpc) is 2.48. The van der Waals surface area contributed by atoms with Crippen LogP contribution >= 0.6 is 0 Å². The van der Waals surface area contributed by atoms with Crippen LogP contribution in [0.3, 0.4) is 0 Å². The van der Waals surface area contributed by atoms with Crippen molar-refractivity contribution in [3.05, 3.63) is 60.7 Å². The number of benzene rings is 2. The fraction of sp³-hybridized carbons (Fsp3) is 0.333. The number of hydrogen-bond acceptors (Lipinski definition) is 0. The molecule has 1 heterocycles. The minimum Gasteiger partial charge on any atom is -0.230 e. The Morgan fingerprint density at radius 2 is 1.95 bits per heavy atom. The summed E-state index contributed by atoms with van der Waals surface area (Å²) in [5.41, 5.74) is 1.34. The van der Waals surface area contributed by atoms with Crippen molar-refractivity contribution in [1.29, 1.82) is 0 Å². The first-order valence-electron chi connectivity index (χ1n) is 7.13. The Kier molecular flexibility index (Phi) is 3.39. The van der Waals surface area contributed by atoms with E-state index in [1.807, 2.05) is 6.08 Å². The average molecular weight is 250 g/mol. The maximum absolute atomic E-state index is 5.00. The molecule has 1 fully saturated rings. The summed E-state index contributed by atoms with van der Waals surface area (Å²) in [6.07, 6.45) is 6.61. The molecule has 0 N–H and O–H groups in total. The largest absolute Gasteiger partial charge is 0.230 e. The van der Waals surface area contributed by atoms with Crippen LogP contribution in [0.1, 0.15) is 31.2 Å². The van der Waals surface area contributed by atoms with E-state index in [2.05, 4.69) is 49.0 Å². The summed E-state index contributed by atoms with van der Waals surface area (Å²) < 4.78 is 0. The van der Waals surface area contributed by atoms with Gasteiger partial charge in [0.15, 0.2) is 0 Å². The molecular formula is C18H20N. The molecule has 97 valence electrons. The topological polar surface area (TPSA) is 14.1 Å². The van der Waals surface area contributed by atoms with Crippen LogP contribution in [0.5, 0.6) is 0 Å². The minimum atomic E-state index is -0.0408. The lowest BCUT2D eigenvalue weighted by atomic mass is 9.78. The van der Waals surface area contributed by atoms with Gasteiger partial charge >= 0.3 is 0 Å². The number of hydrogen-bond donors (Lipinski definition) is 0. The van der Waals surface area contributed by atoms with E-state index in [4.69, 9.17) is 5.32 Å². The Bertz CT molecular complexity index is 574. The van der Waals surface area contributed by atoms with E-state index in [-0.39, 0.29) is 5.54 Å². The molecular weight excluding hydrogens is 230 g/mol. The van der Waals surface area contributed by atoms with Gasteiger partial charge in [-0.3, -0.25) is 0 Å². The van der Waals surface area contributed by atoms with Crippen LogP contribution < -0.4 is 5.32 Å². The fourth-order valence-corrected chi connectivity index (χ4v) is 3.27. The standard InChI is InChI=1S/C18H20N/c1-2-12-18(13-5-6-14-19-18)17-11-7-9-15-8-3-4-10-16(15)17/h2-4,7-11H,1,5-6,12-14H2. The van der Waals surface area contributed by atoms with E-state index in [1.165, 1.54) is 29.2 Å². The fourth-order valence-electron chi connectivity index (χ4n) is 3.27. The number of rotatable bonds is 3. The molecule has 0 spiro atoms. The lowest BCUT2D eigenvalue weighted by molar-refractivity contribution is 0.254. The third kappa shape index (κ3) is 2.19. The lowest BCUT2D eigenvalue weighted by Crippen LogP contribution is -2.40. The normalized spacial score (nSPS) is 23.4. The summed E-state index contributed by atoms with van der Waals surface area (Å²) in [6, 6.07) is 15.2. The van der Waals surface area contributed by atoms with Crippen LogP contribution in [-0.4, -0.2) is 6.54 Å². The zero-order valence-corrected chi connectivity index (χ0v) is 11.3. The van der Waals surface area contributed by atoms with Crippen LogP contribution in [0.2, 0.25) is 0 Å². The van der Waals surface area contributed by atoms with E-state index in [1.54, 1.807) is 0 Å². The Morgan fingerprint density at radius 3 is 2.74 bits per heavy atom. The first-order chi connectivity index (χ1) is 9.36. The van der Waals surface area contributed by atoms with Gasteiger partial charge in [-0.05, 0) is 42.0 Å². The first-order valence-corrected chi connectivity index (χ1v) is 7.13. The molecule has 0 amide bonds. The van der Waals surface area contributed by atoms with E-state index >= 15 is 0 Å². The van der Waals surface area contributed by atoms with Gasteiger partial charge in [-0.1, -0.05) is 48.5 Å². The third-order valence-corrected chi connectivity index (χ3v) is 4.19. The predicted molar refractivity (Wildman–Crippen MR) is 81.3 cm³/mol. The minimum absolute atomic E-state index is 0.0408. The molecule has 3 rings (SSSR count). The van der Waals surface area contributed by atoms with Gasteiger partial charge in [0.25, 0.3) is 0 Å². The maximum atomic E-state index is 5.00. The molecule has 2 aromatic rings. The van der Waals surface area contributed by atoms with Crippen LogP contribution in [0.25, 0.3) is 10.8 Å². The van der Waals surface area contributed by atoms with Crippen molar-refractivity contribution in [3.63, 3.8) is 0 Å². The molecule has 0 saturated carbocycles.